The summed E-state index contributed by atoms with van der Waals surface area (Å²) in [7, 11) is 0. The Balaban J connectivity index is 1.51. The minimum atomic E-state index is -1.01. The molecule has 34 heavy (non-hydrogen) atoms. The minimum Gasteiger partial charge on any atom is -0.351 e. The highest BCUT2D eigenvalue weighted by molar-refractivity contribution is 6.01. The molecule has 3 aromatic rings. The molecule has 2 amide bonds. The van der Waals surface area contributed by atoms with E-state index in [1.165, 1.54) is 24.8 Å². The number of hydrogen-bond donors (Lipinski definition) is 1. The Bertz CT molecular complexity index is 1190. The fourth-order valence-corrected chi connectivity index (χ4v) is 5.39. The van der Waals surface area contributed by atoms with Crippen LogP contribution in [0.15, 0.2) is 48.5 Å². The Kier molecular flexibility index (Phi) is 6.15. The van der Waals surface area contributed by atoms with Gasteiger partial charge in [0.2, 0.25) is 5.91 Å². The molecule has 0 spiro atoms. The van der Waals surface area contributed by atoms with Crippen molar-refractivity contribution in [1.29, 1.82) is 0 Å². The summed E-state index contributed by atoms with van der Waals surface area (Å²) in [6.07, 6.45) is 8.04. The van der Waals surface area contributed by atoms with Crippen LogP contribution in [0.3, 0.4) is 0 Å². The smallest absolute Gasteiger partial charge is 0.291 e. The van der Waals surface area contributed by atoms with Gasteiger partial charge < -0.3 is 14.8 Å². The molecule has 5 rings (SSSR count). The maximum Gasteiger partial charge on any atom is 0.291 e. The van der Waals surface area contributed by atoms with E-state index in [2.05, 4.69) is 10.3 Å². The lowest BCUT2D eigenvalue weighted by Gasteiger charge is -2.44. The van der Waals surface area contributed by atoms with Crippen molar-refractivity contribution in [2.24, 2.45) is 0 Å². The van der Waals surface area contributed by atoms with E-state index in [4.69, 9.17) is 0 Å². The van der Waals surface area contributed by atoms with E-state index in [-0.39, 0.29) is 17.9 Å². The van der Waals surface area contributed by atoms with Crippen molar-refractivity contribution in [3.05, 3.63) is 65.5 Å². The van der Waals surface area contributed by atoms with Gasteiger partial charge in [-0.2, -0.15) is 0 Å². The third kappa shape index (κ3) is 4.22. The molecule has 6 heteroatoms. The Hall–Kier alpha value is -3.15. The van der Waals surface area contributed by atoms with Gasteiger partial charge >= 0.3 is 0 Å². The Morgan fingerprint density at radius 3 is 2.44 bits per heavy atom. The fraction of sp³-hybridized carbons (Fsp3) is 0.464. The van der Waals surface area contributed by atoms with Gasteiger partial charge in [0.25, 0.3) is 5.91 Å². The second-order valence-electron chi connectivity index (χ2n) is 10.2. The number of amides is 2. The highest BCUT2D eigenvalue weighted by Crippen LogP contribution is 2.32. The van der Waals surface area contributed by atoms with Crippen LogP contribution in [0.1, 0.15) is 73.6 Å². The van der Waals surface area contributed by atoms with Crippen molar-refractivity contribution < 1.29 is 9.59 Å². The van der Waals surface area contributed by atoms with Gasteiger partial charge in [-0.05, 0) is 44.4 Å². The maximum absolute atomic E-state index is 13.9. The number of imidazole rings is 1. The van der Waals surface area contributed by atoms with Gasteiger partial charge in [-0.3, -0.25) is 9.59 Å². The molecule has 1 aliphatic carbocycles. The normalized spacial score (nSPS) is 21.7. The summed E-state index contributed by atoms with van der Waals surface area (Å²) in [5.74, 6) is 0.143. The van der Waals surface area contributed by atoms with E-state index in [1.54, 1.807) is 4.90 Å². The van der Waals surface area contributed by atoms with E-state index < -0.39 is 5.54 Å². The first kappa shape index (κ1) is 22.6. The number of nitrogens with zero attached hydrogens (tertiary/aromatic N) is 3. The summed E-state index contributed by atoms with van der Waals surface area (Å²) < 4.78 is 1.93. The molecule has 1 N–H and O–H groups in total. The van der Waals surface area contributed by atoms with Crippen molar-refractivity contribution in [1.82, 2.24) is 19.8 Å². The SMILES string of the molecule is Cc1ccc(CN2C(=O)c3nc4ccccc4n3C[C@@]2(C)C(=O)NC2CCCCCCC2)cc1. The summed E-state index contributed by atoms with van der Waals surface area (Å²) >= 11 is 0. The Morgan fingerprint density at radius 2 is 1.71 bits per heavy atom. The molecule has 0 radical (unpaired) electrons. The van der Waals surface area contributed by atoms with Gasteiger partial charge in [-0.15, -0.1) is 0 Å². The molecule has 2 aliphatic rings. The predicted octanol–water partition coefficient (Wildman–Crippen LogP) is 4.99. The van der Waals surface area contributed by atoms with E-state index in [0.29, 0.717) is 18.9 Å². The molecular weight excluding hydrogens is 424 g/mol. The van der Waals surface area contributed by atoms with E-state index in [9.17, 15) is 9.59 Å². The van der Waals surface area contributed by atoms with Crippen LogP contribution in [0.2, 0.25) is 0 Å². The molecule has 1 atom stereocenters. The molecular formula is C28H34N4O2. The molecule has 2 heterocycles. The lowest BCUT2D eigenvalue weighted by atomic mass is 9.92. The van der Waals surface area contributed by atoms with Crippen LogP contribution in [-0.4, -0.2) is 37.8 Å². The van der Waals surface area contributed by atoms with Crippen LogP contribution in [0.4, 0.5) is 0 Å². The lowest BCUT2D eigenvalue weighted by Crippen LogP contribution is -2.64. The van der Waals surface area contributed by atoms with Crippen LogP contribution in [0.5, 0.6) is 0 Å². The number of aryl methyl sites for hydroxylation is 1. The number of nitrogens with one attached hydrogen (secondary N) is 1. The quantitative estimate of drug-likeness (QED) is 0.599. The zero-order chi connectivity index (χ0) is 23.7. The van der Waals surface area contributed by atoms with Crippen molar-refractivity contribution >= 4 is 22.8 Å². The Morgan fingerprint density at radius 1 is 1.03 bits per heavy atom. The first-order valence-corrected chi connectivity index (χ1v) is 12.6. The summed E-state index contributed by atoms with van der Waals surface area (Å²) in [6, 6.07) is 16.1. The van der Waals surface area contributed by atoms with Crippen LogP contribution < -0.4 is 5.32 Å². The molecule has 2 aromatic carbocycles. The third-order valence-corrected chi connectivity index (χ3v) is 7.54. The average molecular weight is 459 g/mol. The number of aromatic nitrogens is 2. The number of benzene rings is 2. The first-order chi connectivity index (χ1) is 16.5. The van der Waals surface area contributed by atoms with E-state index in [0.717, 1.165) is 42.3 Å². The highest BCUT2D eigenvalue weighted by atomic mass is 16.2. The predicted molar refractivity (Wildman–Crippen MR) is 133 cm³/mol. The van der Waals surface area contributed by atoms with Gasteiger partial charge in [-0.25, -0.2) is 4.98 Å². The van der Waals surface area contributed by atoms with Gasteiger partial charge in [0.05, 0.1) is 17.6 Å². The second kappa shape index (κ2) is 9.24. The fourth-order valence-electron chi connectivity index (χ4n) is 5.39. The van der Waals surface area contributed by atoms with Gasteiger partial charge in [-0.1, -0.05) is 74.1 Å². The van der Waals surface area contributed by atoms with Gasteiger partial charge in [0.1, 0.15) is 5.54 Å². The largest absolute Gasteiger partial charge is 0.351 e. The van der Waals surface area contributed by atoms with E-state index >= 15 is 0 Å². The molecule has 1 aromatic heterocycles. The highest BCUT2D eigenvalue weighted by Gasteiger charge is 2.48. The standard InChI is InChI=1S/C28H34N4O2/c1-20-14-16-21(17-15-20)18-32-26(33)25-30-23-12-8-9-13-24(23)31(25)19-28(32,2)27(34)29-22-10-6-4-3-5-7-11-22/h8-9,12-17,22H,3-7,10-11,18-19H2,1-2H3,(H,29,34)/t28-/m0/s1. The van der Waals surface area contributed by atoms with Gasteiger partial charge in [0.15, 0.2) is 5.82 Å². The number of rotatable bonds is 4. The maximum atomic E-state index is 13.9. The average Bonchev–Trinajstić information content (AvgIpc) is 3.18. The number of fused-ring (bicyclic) bond motifs is 3. The molecule has 6 nitrogen and oxygen atoms in total. The third-order valence-electron chi connectivity index (χ3n) is 7.54. The minimum absolute atomic E-state index is 0.0676. The van der Waals surface area contributed by atoms with Crippen molar-refractivity contribution in [3.8, 4) is 0 Å². The van der Waals surface area contributed by atoms with Crippen molar-refractivity contribution in [2.45, 2.75) is 83.5 Å². The van der Waals surface area contributed by atoms with Crippen LogP contribution >= 0.6 is 0 Å². The number of carbonyl (C=O) groups excluding carboxylic acids is 2. The second-order valence-corrected chi connectivity index (χ2v) is 10.2. The Labute approximate surface area is 201 Å². The topological polar surface area (TPSA) is 67.2 Å². The first-order valence-electron chi connectivity index (χ1n) is 12.6. The van der Waals surface area contributed by atoms with Crippen molar-refractivity contribution in [2.75, 3.05) is 0 Å². The van der Waals surface area contributed by atoms with Crippen LogP contribution in [0, 0.1) is 6.92 Å². The summed E-state index contributed by atoms with van der Waals surface area (Å²) in [4.78, 5) is 34.1. The monoisotopic (exact) mass is 458 g/mol. The molecule has 0 saturated heterocycles. The number of para-hydroxylation sites is 2. The summed E-state index contributed by atoms with van der Waals surface area (Å²) in [5.41, 5.74) is 2.84. The molecule has 0 unspecified atom stereocenters. The van der Waals surface area contributed by atoms with E-state index in [1.807, 2.05) is 66.9 Å². The molecule has 1 saturated carbocycles. The number of hydrogen-bond acceptors (Lipinski definition) is 3. The van der Waals surface area contributed by atoms with Crippen molar-refractivity contribution in [3.63, 3.8) is 0 Å². The van der Waals surface area contributed by atoms with Crippen LogP contribution in [0.25, 0.3) is 11.0 Å². The molecule has 1 aliphatic heterocycles. The zero-order valence-electron chi connectivity index (χ0n) is 20.2. The summed E-state index contributed by atoms with van der Waals surface area (Å²) in [5, 5.41) is 3.35. The molecule has 0 bridgehead atoms. The number of carbonyl (C=O) groups is 2. The van der Waals surface area contributed by atoms with Gasteiger partial charge in [0, 0.05) is 12.6 Å². The zero-order valence-corrected chi connectivity index (χ0v) is 20.2. The van der Waals surface area contributed by atoms with Crippen LogP contribution in [-0.2, 0) is 17.9 Å². The lowest BCUT2D eigenvalue weighted by molar-refractivity contribution is -0.134. The molecule has 178 valence electrons. The molecule has 1 fully saturated rings. The summed E-state index contributed by atoms with van der Waals surface area (Å²) in [6.45, 7) is 4.72.